The minimum Gasteiger partial charge on any atom is -0.287 e. The maximum absolute atomic E-state index is 12.6. The van der Waals surface area contributed by atoms with Crippen molar-refractivity contribution in [3.8, 4) is 0 Å². The predicted octanol–water partition coefficient (Wildman–Crippen LogP) is 2.18. The van der Waals surface area contributed by atoms with E-state index < -0.39 is 23.1 Å². The van der Waals surface area contributed by atoms with E-state index in [9.17, 15) is 18.0 Å². The molecule has 0 saturated heterocycles. The van der Waals surface area contributed by atoms with Crippen LogP contribution < -0.4 is 0 Å². The quantitative estimate of drug-likeness (QED) is 0.776. The SMILES string of the molecule is O=C(c1cnns1)c1cnccc1C(F)(F)F. The Balaban J connectivity index is 2.50. The van der Waals surface area contributed by atoms with E-state index in [0.29, 0.717) is 0 Å². The van der Waals surface area contributed by atoms with Crippen LogP contribution in [0.1, 0.15) is 20.8 Å². The van der Waals surface area contributed by atoms with E-state index in [1.807, 2.05) is 0 Å². The van der Waals surface area contributed by atoms with E-state index in [1.54, 1.807) is 0 Å². The van der Waals surface area contributed by atoms with Crippen LogP contribution in [0.25, 0.3) is 0 Å². The molecule has 2 rings (SSSR count). The first-order valence-electron chi connectivity index (χ1n) is 4.33. The molecule has 2 aromatic heterocycles. The molecule has 0 aliphatic heterocycles. The standard InChI is InChI=1S/C9H4F3N3OS/c10-9(11,12)6-1-2-13-3-5(6)8(16)7-4-14-15-17-7/h1-4H. The summed E-state index contributed by atoms with van der Waals surface area (Å²) in [6.07, 6.45) is -1.58. The highest BCUT2D eigenvalue weighted by molar-refractivity contribution is 7.08. The summed E-state index contributed by atoms with van der Waals surface area (Å²) in [5, 5.41) is 3.41. The van der Waals surface area contributed by atoms with Crippen molar-refractivity contribution in [3.63, 3.8) is 0 Å². The molecule has 2 heterocycles. The first-order chi connectivity index (χ1) is 8.00. The number of pyridine rings is 1. The number of aromatic nitrogens is 3. The molecule has 0 aliphatic rings. The van der Waals surface area contributed by atoms with Crippen LogP contribution in [0.4, 0.5) is 13.2 Å². The van der Waals surface area contributed by atoms with Gasteiger partial charge in [0.2, 0.25) is 5.78 Å². The fourth-order valence-electron chi connectivity index (χ4n) is 1.22. The van der Waals surface area contributed by atoms with E-state index in [-0.39, 0.29) is 4.88 Å². The zero-order valence-electron chi connectivity index (χ0n) is 8.10. The van der Waals surface area contributed by atoms with E-state index in [2.05, 4.69) is 14.6 Å². The number of hydrogen-bond donors (Lipinski definition) is 0. The van der Waals surface area contributed by atoms with Crippen molar-refractivity contribution in [3.05, 3.63) is 40.7 Å². The molecule has 0 amide bonds. The topological polar surface area (TPSA) is 55.7 Å². The van der Waals surface area contributed by atoms with Gasteiger partial charge in [0.25, 0.3) is 0 Å². The summed E-state index contributed by atoms with van der Waals surface area (Å²) in [6, 6.07) is 0.766. The molecule has 0 radical (unpaired) electrons. The Hall–Kier alpha value is -1.83. The van der Waals surface area contributed by atoms with Gasteiger partial charge in [0.1, 0.15) is 4.88 Å². The third kappa shape index (κ3) is 2.31. The van der Waals surface area contributed by atoms with Crippen LogP contribution >= 0.6 is 11.5 Å². The van der Waals surface area contributed by atoms with Gasteiger partial charge in [-0.15, -0.1) is 5.10 Å². The highest BCUT2D eigenvalue weighted by Crippen LogP contribution is 2.32. The molecule has 0 fully saturated rings. The number of nitrogens with zero attached hydrogens (tertiary/aromatic N) is 3. The third-order valence-corrected chi connectivity index (χ3v) is 2.62. The Kier molecular flexibility index (Phi) is 2.88. The molecular formula is C9H4F3N3OS. The Bertz CT molecular complexity index is 539. The molecule has 0 spiro atoms. The molecule has 0 bridgehead atoms. The second-order valence-electron chi connectivity index (χ2n) is 3.03. The van der Waals surface area contributed by atoms with Crippen LogP contribution in [0.2, 0.25) is 0 Å². The molecule has 17 heavy (non-hydrogen) atoms. The van der Waals surface area contributed by atoms with Crippen LogP contribution in [0.3, 0.4) is 0 Å². The molecule has 0 saturated carbocycles. The van der Waals surface area contributed by atoms with Gasteiger partial charge in [-0.05, 0) is 17.6 Å². The zero-order valence-corrected chi connectivity index (χ0v) is 8.92. The highest BCUT2D eigenvalue weighted by Gasteiger charge is 2.35. The number of ketones is 1. The normalized spacial score (nSPS) is 11.5. The number of halogens is 3. The van der Waals surface area contributed by atoms with Crippen LogP contribution in [0.15, 0.2) is 24.7 Å². The summed E-state index contributed by atoms with van der Waals surface area (Å²) >= 11 is 0.739. The van der Waals surface area contributed by atoms with Crippen LogP contribution in [-0.4, -0.2) is 20.4 Å². The highest BCUT2D eigenvalue weighted by atomic mass is 32.1. The van der Waals surface area contributed by atoms with Crippen LogP contribution in [-0.2, 0) is 6.18 Å². The summed E-state index contributed by atoms with van der Waals surface area (Å²) < 4.78 is 41.4. The molecule has 0 aliphatic carbocycles. The Morgan fingerprint density at radius 3 is 2.65 bits per heavy atom. The second kappa shape index (κ2) is 4.21. The van der Waals surface area contributed by atoms with Crippen molar-refractivity contribution in [1.29, 1.82) is 0 Å². The van der Waals surface area contributed by atoms with E-state index >= 15 is 0 Å². The molecule has 0 unspecified atom stereocenters. The molecule has 2 aromatic rings. The fourth-order valence-corrected chi connectivity index (χ4v) is 1.69. The van der Waals surface area contributed by atoms with E-state index in [0.717, 1.165) is 36.2 Å². The largest absolute Gasteiger partial charge is 0.417 e. The fraction of sp³-hybridized carbons (Fsp3) is 0.111. The van der Waals surface area contributed by atoms with E-state index in [1.165, 1.54) is 0 Å². The lowest BCUT2D eigenvalue weighted by atomic mass is 10.1. The van der Waals surface area contributed by atoms with Crippen molar-refractivity contribution in [1.82, 2.24) is 14.6 Å². The summed E-state index contributed by atoms with van der Waals surface area (Å²) in [4.78, 5) is 15.3. The summed E-state index contributed by atoms with van der Waals surface area (Å²) in [5.74, 6) is -0.777. The average Bonchev–Trinajstić information content (AvgIpc) is 2.80. The molecule has 0 aromatic carbocycles. The number of alkyl halides is 3. The maximum Gasteiger partial charge on any atom is 0.417 e. The Labute approximate surface area is 97.3 Å². The van der Waals surface area contributed by atoms with Crippen molar-refractivity contribution in [2.24, 2.45) is 0 Å². The number of hydrogen-bond acceptors (Lipinski definition) is 5. The van der Waals surface area contributed by atoms with Crippen molar-refractivity contribution in [2.75, 3.05) is 0 Å². The maximum atomic E-state index is 12.6. The zero-order chi connectivity index (χ0) is 12.5. The molecule has 0 atom stereocenters. The van der Waals surface area contributed by atoms with Crippen LogP contribution in [0.5, 0.6) is 0 Å². The number of carbonyl (C=O) groups is 1. The lowest BCUT2D eigenvalue weighted by Crippen LogP contribution is -2.13. The van der Waals surface area contributed by atoms with Gasteiger partial charge in [0.05, 0.1) is 17.3 Å². The Morgan fingerprint density at radius 2 is 2.06 bits per heavy atom. The predicted molar refractivity (Wildman–Crippen MR) is 52.6 cm³/mol. The molecule has 0 N–H and O–H groups in total. The first kappa shape index (κ1) is 11.6. The van der Waals surface area contributed by atoms with Gasteiger partial charge in [-0.25, -0.2) is 0 Å². The van der Waals surface area contributed by atoms with Gasteiger partial charge in [-0.3, -0.25) is 9.78 Å². The van der Waals surface area contributed by atoms with Gasteiger partial charge in [-0.1, -0.05) is 4.49 Å². The second-order valence-corrected chi connectivity index (χ2v) is 3.82. The van der Waals surface area contributed by atoms with Crippen LogP contribution in [0, 0.1) is 0 Å². The smallest absolute Gasteiger partial charge is 0.287 e. The summed E-state index contributed by atoms with van der Waals surface area (Å²) in [7, 11) is 0. The average molecular weight is 259 g/mol. The molecule has 8 heteroatoms. The van der Waals surface area contributed by atoms with Gasteiger partial charge >= 0.3 is 6.18 Å². The molecular weight excluding hydrogens is 255 g/mol. The monoisotopic (exact) mass is 259 g/mol. The van der Waals surface area contributed by atoms with Gasteiger partial charge < -0.3 is 0 Å². The number of carbonyl (C=O) groups excluding carboxylic acids is 1. The third-order valence-electron chi connectivity index (χ3n) is 1.96. The summed E-state index contributed by atoms with van der Waals surface area (Å²) in [5.41, 5.74) is -1.50. The van der Waals surface area contributed by atoms with Crippen molar-refractivity contribution in [2.45, 2.75) is 6.18 Å². The van der Waals surface area contributed by atoms with Gasteiger partial charge in [-0.2, -0.15) is 13.2 Å². The minimum atomic E-state index is -4.59. The Morgan fingerprint density at radius 1 is 1.29 bits per heavy atom. The molecule has 88 valence electrons. The van der Waals surface area contributed by atoms with Crippen molar-refractivity contribution < 1.29 is 18.0 Å². The van der Waals surface area contributed by atoms with Gasteiger partial charge in [0, 0.05) is 12.4 Å². The summed E-state index contributed by atoms with van der Waals surface area (Å²) in [6.45, 7) is 0. The first-order valence-corrected chi connectivity index (χ1v) is 5.11. The minimum absolute atomic E-state index is 0.0449. The van der Waals surface area contributed by atoms with Gasteiger partial charge in [0.15, 0.2) is 0 Å². The van der Waals surface area contributed by atoms with E-state index in [4.69, 9.17) is 0 Å². The van der Waals surface area contributed by atoms with Crippen molar-refractivity contribution >= 4 is 17.3 Å². The molecule has 4 nitrogen and oxygen atoms in total. The lowest BCUT2D eigenvalue weighted by molar-refractivity contribution is -0.137. The number of rotatable bonds is 2. The lowest BCUT2D eigenvalue weighted by Gasteiger charge is -2.09.